The van der Waals surface area contributed by atoms with Gasteiger partial charge in [0.25, 0.3) is 0 Å². The Labute approximate surface area is 117 Å². The highest BCUT2D eigenvalue weighted by Crippen LogP contribution is 2.35. The van der Waals surface area contributed by atoms with Crippen molar-refractivity contribution in [3.8, 4) is 5.75 Å². The molecule has 0 aromatic heterocycles. The number of methoxy groups -OCH3 is 1. The number of hydrogen-bond donors (Lipinski definition) is 2. The standard InChI is InChI=1S/C16H17NO3/c1-20-13-9-6-10-4-2-3-5-12(10)14(13)15(16(18)19)17-11-7-8-11/h2-6,9,11,15,17H,7-8H2,1H3,(H,18,19). The first-order valence-corrected chi connectivity index (χ1v) is 6.75. The van der Waals surface area contributed by atoms with E-state index in [4.69, 9.17) is 4.74 Å². The third kappa shape index (κ3) is 2.34. The molecule has 1 saturated carbocycles. The van der Waals surface area contributed by atoms with Crippen LogP contribution in [-0.4, -0.2) is 24.2 Å². The van der Waals surface area contributed by atoms with Crippen LogP contribution in [0.15, 0.2) is 36.4 Å². The summed E-state index contributed by atoms with van der Waals surface area (Å²) < 4.78 is 5.38. The fraction of sp³-hybridized carbons (Fsp3) is 0.312. The molecule has 2 N–H and O–H groups in total. The van der Waals surface area contributed by atoms with Crippen molar-refractivity contribution in [2.24, 2.45) is 0 Å². The van der Waals surface area contributed by atoms with E-state index in [0.717, 1.165) is 23.6 Å². The second-order valence-corrected chi connectivity index (χ2v) is 5.11. The van der Waals surface area contributed by atoms with Gasteiger partial charge in [0.1, 0.15) is 11.8 Å². The summed E-state index contributed by atoms with van der Waals surface area (Å²) in [4.78, 5) is 11.7. The van der Waals surface area contributed by atoms with Gasteiger partial charge in [-0.25, -0.2) is 0 Å². The van der Waals surface area contributed by atoms with Crippen LogP contribution in [0.4, 0.5) is 0 Å². The lowest BCUT2D eigenvalue weighted by Crippen LogP contribution is -2.30. The van der Waals surface area contributed by atoms with Crippen molar-refractivity contribution in [1.82, 2.24) is 5.32 Å². The lowest BCUT2D eigenvalue weighted by Gasteiger charge is -2.19. The molecule has 1 fully saturated rings. The maximum absolute atomic E-state index is 11.7. The highest BCUT2D eigenvalue weighted by atomic mass is 16.5. The van der Waals surface area contributed by atoms with E-state index < -0.39 is 12.0 Å². The number of carboxylic acids is 1. The lowest BCUT2D eigenvalue weighted by atomic mass is 9.97. The van der Waals surface area contributed by atoms with Crippen molar-refractivity contribution in [2.75, 3.05) is 7.11 Å². The topological polar surface area (TPSA) is 58.6 Å². The highest BCUT2D eigenvalue weighted by Gasteiger charge is 2.32. The molecule has 0 saturated heterocycles. The van der Waals surface area contributed by atoms with Crippen molar-refractivity contribution < 1.29 is 14.6 Å². The first-order chi connectivity index (χ1) is 9.70. The SMILES string of the molecule is COc1ccc2ccccc2c1C(NC1CC1)C(=O)O. The van der Waals surface area contributed by atoms with E-state index in [1.54, 1.807) is 7.11 Å². The Morgan fingerprint density at radius 3 is 2.70 bits per heavy atom. The van der Waals surface area contributed by atoms with E-state index in [0.29, 0.717) is 17.4 Å². The van der Waals surface area contributed by atoms with Gasteiger partial charge in [-0.1, -0.05) is 30.3 Å². The van der Waals surface area contributed by atoms with Gasteiger partial charge in [-0.05, 0) is 29.7 Å². The number of benzene rings is 2. The lowest BCUT2D eigenvalue weighted by molar-refractivity contribution is -0.139. The summed E-state index contributed by atoms with van der Waals surface area (Å²) in [6, 6.07) is 11.1. The van der Waals surface area contributed by atoms with E-state index in [1.165, 1.54) is 0 Å². The van der Waals surface area contributed by atoms with Gasteiger partial charge >= 0.3 is 5.97 Å². The van der Waals surface area contributed by atoms with Crippen LogP contribution in [0.2, 0.25) is 0 Å². The molecule has 0 aliphatic heterocycles. The molecule has 3 rings (SSSR count). The first-order valence-electron chi connectivity index (χ1n) is 6.75. The van der Waals surface area contributed by atoms with E-state index >= 15 is 0 Å². The van der Waals surface area contributed by atoms with Gasteiger partial charge in [0.15, 0.2) is 0 Å². The van der Waals surface area contributed by atoms with Crippen molar-refractivity contribution in [2.45, 2.75) is 24.9 Å². The normalized spacial score (nSPS) is 16.1. The molecule has 0 spiro atoms. The van der Waals surface area contributed by atoms with Crippen molar-refractivity contribution in [3.05, 3.63) is 42.0 Å². The zero-order chi connectivity index (χ0) is 14.1. The molecule has 1 unspecified atom stereocenters. The minimum atomic E-state index is -0.869. The molecule has 4 heteroatoms. The van der Waals surface area contributed by atoms with E-state index in [1.807, 2.05) is 36.4 Å². The maximum atomic E-state index is 11.7. The zero-order valence-electron chi connectivity index (χ0n) is 11.3. The number of rotatable bonds is 5. The highest BCUT2D eigenvalue weighted by molar-refractivity contribution is 5.92. The van der Waals surface area contributed by atoms with E-state index in [-0.39, 0.29) is 0 Å². The summed E-state index contributed by atoms with van der Waals surface area (Å²) in [5.41, 5.74) is 0.713. The molecule has 0 radical (unpaired) electrons. The third-order valence-electron chi connectivity index (χ3n) is 3.67. The predicted octanol–water partition coefficient (Wildman–Crippen LogP) is 2.73. The van der Waals surface area contributed by atoms with Crippen molar-refractivity contribution in [1.29, 1.82) is 0 Å². The van der Waals surface area contributed by atoms with Crippen LogP contribution in [0.5, 0.6) is 5.75 Å². The Kier molecular flexibility index (Phi) is 3.32. The minimum absolute atomic E-state index is 0.305. The molecule has 0 heterocycles. The molecule has 4 nitrogen and oxygen atoms in total. The summed E-state index contributed by atoms with van der Waals surface area (Å²) in [5, 5.41) is 14.7. The van der Waals surface area contributed by atoms with E-state index in [2.05, 4.69) is 5.32 Å². The molecule has 0 bridgehead atoms. The average molecular weight is 271 g/mol. The van der Waals surface area contributed by atoms with Crippen LogP contribution in [-0.2, 0) is 4.79 Å². The fourth-order valence-corrected chi connectivity index (χ4v) is 2.52. The quantitative estimate of drug-likeness (QED) is 0.878. The number of hydrogen-bond acceptors (Lipinski definition) is 3. The molecular weight excluding hydrogens is 254 g/mol. The number of nitrogens with one attached hydrogen (secondary N) is 1. The Morgan fingerprint density at radius 1 is 1.30 bits per heavy atom. The average Bonchev–Trinajstić information content (AvgIpc) is 3.27. The Morgan fingerprint density at radius 2 is 2.05 bits per heavy atom. The summed E-state index contributed by atoms with van der Waals surface area (Å²) in [7, 11) is 1.57. The monoisotopic (exact) mass is 271 g/mol. The summed E-state index contributed by atoms with van der Waals surface area (Å²) in [6.45, 7) is 0. The van der Waals surface area contributed by atoms with Gasteiger partial charge in [-0.3, -0.25) is 10.1 Å². The fourth-order valence-electron chi connectivity index (χ4n) is 2.52. The molecule has 1 aliphatic carbocycles. The first kappa shape index (κ1) is 12.9. The Bertz CT molecular complexity index is 649. The smallest absolute Gasteiger partial charge is 0.325 e. The molecule has 1 aliphatic rings. The van der Waals surface area contributed by atoms with Crippen LogP contribution in [0.1, 0.15) is 24.4 Å². The summed E-state index contributed by atoms with van der Waals surface area (Å²) in [5.74, 6) is -0.254. The molecule has 2 aromatic carbocycles. The second kappa shape index (κ2) is 5.13. The van der Waals surface area contributed by atoms with Crippen molar-refractivity contribution in [3.63, 3.8) is 0 Å². The number of ether oxygens (including phenoxy) is 1. The summed E-state index contributed by atoms with van der Waals surface area (Å²) >= 11 is 0. The van der Waals surface area contributed by atoms with Gasteiger partial charge in [-0.2, -0.15) is 0 Å². The summed E-state index contributed by atoms with van der Waals surface area (Å²) in [6.07, 6.45) is 2.08. The molecule has 104 valence electrons. The van der Waals surface area contributed by atoms with E-state index in [9.17, 15) is 9.90 Å². The Hall–Kier alpha value is -2.07. The maximum Gasteiger partial charge on any atom is 0.325 e. The van der Waals surface area contributed by atoms with Crippen molar-refractivity contribution >= 4 is 16.7 Å². The van der Waals surface area contributed by atoms with Crippen LogP contribution < -0.4 is 10.1 Å². The predicted molar refractivity (Wildman–Crippen MR) is 77.0 cm³/mol. The molecule has 20 heavy (non-hydrogen) atoms. The van der Waals surface area contributed by atoms with Gasteiger partial charge in [0.05, 0.1) is 7.11 Å². The van der Waals surface area contributed by atoms with Crippen LogP contribution in [0.3, 0.4) is 0 Å². The van der Waals surface area contributed by atoms with Gasteiger partial charge < -0.3 is 9.84 Å². The number of aliphatic carboxylic acids is 1. The molecule has 0 amide bonds. The minimum Gasteiger partial charge on any atom is -0.496 e. The number of fused-ring (bicyclic) bond motifs is 1. The number of carboxylic acid groups (broad SMARTS) is 1. The number of carbonyl (C=O) groups is 1. The van der Waals surface area contributed by atoms with Gasteiger partial charge in [0.2, 0.25) is 0 Å². The van der Waals surface area contributed by atoms with Crippen LogP contribution >= 0.6 is 0 Å². The Balaban J connectivity index is 2.16. The van der Waals surface area contributed by atoms with Crippen LogP contribution in [0.25, 0.3) is 10.8 Å². The second-order valence-electron chi connectivity index (χ2n) is 5.11. The van der Waals surface area contributed by atoms with Gasteiger partial charge in [0, 0.05) is 11.6 Å². The molecule has 2 aromatic rings. The zero-order valence-corrected chi connectivity index (χ0v) is 11.3. The van der Waals surface area contributed by atoms with Crippen LogP contribution in [0, 0.1) is 0 Å². The third-order valence-corrected chi connectivity index (χ3v) is 3.67. The van der Waals surface area contributed by atoms with Gasteiger partial charge in [-0.15, -0.1) is 0 Å². The molecule has 1 atom stereocenters. The largest absolute Gasteiger partial charge is 0.496 e. The molecular formula is C16H17NO3.